The Morgan fingerprint density at radius 3 is 2.94 bits per heavy atom. The molecule has 168 valence electrons. The molecular weight excluding hydrogens is 419 g/mol. The minimum Gasteiger partial charge on any atom is -0.396 e. The Morgan fingerprint density at radius 2 is 2.26 bits per heavy atom. The van der Waals surface area contributed by atoms with E-state index in [9.17, 15) is 23.1 Å². The van der Waals surface area contributed by atoms with Gasteiger partial charge in [-0.05, 0) is 13.3 Å². The molecule has 1 aliphatic heterocycles. The number of aliphatic hydroxyl groups is 1. The van der Waals surface area contributed by atoms with E-state index in [0.717, 1.165) is 0 Å². The van der Waals surface area contributed by atoms with E-state index in [1.807, 2.05) is 6.92 Å². The summed E-state index contributed by atoms with van der Waals surface area (Å²) in [6.45, 7) is 1.81. The maximum atomic E-state index is 12.3. The first-order valence-electron chi connectivity index (χ1n) is 9.59. The monoisotopic (exact) mass is 441 g/mol. The van der Waals surface area contributed by atoms with Crippen LogP contribution in [0.3, 0.4) is 0 Å². The molecule has 31 heavy (non-hydrogen) atoms. The molecule has 9 nitrogen and oxygen atoms in total. The zero-order chi connectivity index (χ0) is 22.6. The fraction of sp³-hybridized carbons (Fsp3) is 0.526. The van der Waals surface area contributed by atoms with Crippen molar-refractivity contribution in [2.75, 3.05) is 25.5 Å². The number of carbonyl (C=O) groups excluding carboxylic acids is 1. The molecule has 3 rings (SSSR count). The number of hydrogen-bond acceptors (Lipinski definition) is 7. The van der Waals surface area contributed by atoms with Gasteiger partial charge >= 0.3 is 12.1 Å². The third-order valence-corrected chi connectivity index (χ3v) is 4.74. The summed E-state index contributed by atoms with van der Waals surface area (Å²) in [5.74, 6) is 3.28. The van der Waals surface area contributed by atoms with Crippen LogP contribution in [0.2, 0.25) is 0 Å². The summed E-state index contributed by atoms with van der Waals surface area (Å²) >= 11 is 0. The summed E-state index contributed by atoms with van der Waals surface area (Å²) in [4.78, 5) is 19.1. The fourth-order valence-electron chi connectivity index (χ4n) is 3.43. The van der Waals surface area contributed by atoms with Crippen LogP contribution in [-0.4, -0.2) is 63.7 Å². The van der Waals surface area contributed by atoms with Crippen molar-refractivity contribution in [2.24, 2.45) is 0 Å². The second-order valence-electron chi connectivity index (χ2n) is 6.76. The van der Waals surface area contributed by atoms with E-state index in [2.05, 4.69) is 21.8 Å². The zero-order valence-electron chi connectivity index (χ0n) is 16.6. The smallest absolute Gasteiger partial charge is 0.396 e. The van der Waals surface area contributed by atoms with E-state index in [1.54, 1.807) is 16.1 Å². The number of nitrogens with zero attached hydrogens (tertiary/aromatic N) is 3. The van der Waals surface area contributed by atoms with Crippen molar-refractivity contribution in [3.63, 3.8) is 0 Å². The van der Waals surface area contributed by atoms with E-state index < -0.39 is 24.9 Å². The highest BCUT2D eigenvalue weighted by Crippen LogP contribution is 2.36. The van der Waals surface area contributed by atoms with E-state index in [1.165, 1.54) is 6.33 Å². The third-order valence-electron chi connectivity index (χ3n) is 4.74. The van der Waals surface area contributed by atoms with Gasteiger partial charge in [0.15, 0.2) is 0 Å². The number of aliphatic hydroxyl groups excluding tert-OH is 1. The van der Waals surface area contributed by atoms with Gasteiger partial charge in [0.2, 0.25) is 0 Å². The lowest BCUT2D eigenvalue weighted by Gasteiger charge is -2.17. The Labute approximate surface area is 175 Å². The van der Waals surface area contributed by atoms with E-state index >= 15 is 0 Å². The first kappa shape index (κ1) is 22.8. The van der Waals surface area contributed by atoms with Crippen LogP contribution < -0.4 is 11.1 Å². The number of nitrogens with one attached hydrogen (secondary N) is 1. The standard InChI is InChI=1S/C19H22F3N5O4/c1-2-30-13-8-14(31-12(13)5-7-28)27-9-11(15-16(23)25-10-26-17(15)27)4-3-6-24-18(29)19(20,21)22/h9-10,12-14,28H,2,5-8H2,1H3,(H,24,29)(H2,23,25,26)/t12?,13-,14-/m1/s1. The molecule has 2 aromatic heterocycles. The quantitative estimate of drug-likeness (QED) is 0.574. The van der Waals surface area contributed by atoms with Gasteiger partial charge in [-0.3, -0.25) is 4.79 Å². The minimum absolute atomic E-state index is 0.0527. The highest BCUT2D eigenvalue weighted by molar-refractivity contribution is 5.92. The van der Waals surface area contributed by atoms with Gasteiger partial charge in [-0.2, -0.15) is 13.2 Å². The average molecular weight is 441 g/mol. The van der Waals surface area contributed by atoms with Gasteiger partial charge in [-0.15, -0.1) is 0 Å². The van der Waals surface area contributed by atoms with Crippen LogP contribution >= 0.6 is 0 Å². The SMILES string of the molecule is CCO[C@@H]1C[C@H](n2cc(C#CCNC(=O)C(F)(F)F)c3c(N)ncnc32)OC1CCO. The fourth-order valence-corrected chi connectivity index (χ4v) is 3.43. The van der Waals surface area contributed by atoms with Crippen LogP contribution in [0.15, 0.2) is 12.5 Å². The molecule has 4 N–H and O–H groups in total. The van der Waals surface area contributed by atoms with E-state index in [4.69, 9.17) is 15.2 Å². The van der Waals surface area contributed by atoms with Gasteiger partial charge in [0.25, 0.3) is 0 Å². The van der Waals surface area contributed by atoms with Gasteiger partial charge in [0.1, 0.15) is 24.0 Å². The molecule has 3 atom stereocenters. The molecule has 1 fully saturated rings. The molecule has 1 amide bonds. The van der Waals surface area contributed by atoms with Gasteiger partial charge in [0.05, 0.1) is 29.7 Å². The van der Waals surface area contributed by atoms with Crippen LogP contribution in [0.25, 0.3) is 11.0 Å². The summed E-state index contributed by atoms with van der Waals surface area (Å²) < 4.78 is 50.3. The van der Waals surface area contributed by atoms with Crippen LogP contribution in [0, 0.1) is 11.8 Å². The lowest BCUT2D eigenvalue weighted by atomic mass is 10.1. The predicted octanol–water partition coefficient (Wildman–Crippen LogP) is 1.12. The number of hydrogen-bond donors (Lipinski definition) is 3. The van der Waals surface area contributed by atoms with E-state index in [0.29, 0.717) is 36.0 Å². The van der Waals surface area contributed by atoms with Crippen molar-refractivity contribution in [3.8, 4) is 11.8 Å². The summed E-state index contributed by atoms with van der Waals surface area (Å²) in [6, 6.07) is 0. The molecule has 0 radical (unpaired) electrons. The first-order chi connectivity index (χ1) is 14.8. The van der Waals surface area contributed by atoms with Crippen molar-refractivity contribution < 1.29 is 32.5 Å². The maximum Gasteiger partial charge on any atom is 0.471 e. The third kappa shape index (κ3) is 5.07. The number of aromatic nitrogens is 3. The minimum atomic E-state index is -4.97. The van der Waals surface area contributed by atoms with Crippen LogP contribution in [0.4, 0.5) is 19.0 Å². The summed E-state index contributed by atoms with van der Waals surface area (Å²) in [7, 11) is 0. The predicted molar refractivity (Wildman–Crippen MR) is 104 cm³/mol. The Morgan fingerprint density at radius 1 is 1.48 bits per heavy atom. The largest absolute Gasteiger partial charge is 0.471 e. The number of amides is 1. The molecule has 0 aliphatic carbocycles. The number of carbonyl (C=O) groups is 1. The topological polar surface area (TPSA) is 125 Å². The van der Waals surface area contributed by atoms with Crippen LogP contribution in [0.5, 0.6) is 0 Å². The zero-order valence-corrected chi connectivity index (χ0v) is 16.6. The van der Waals surface area contributed by atoms with Gasteiger partial charge in [0, 0.05) is 25.8 Å². The Bertz CT molecular complexity index is 984. The number of fused-ring (bicyclic) bond motifs is 1. The summed E-state index contributed by atoms with van der Waals surface area (Å²) in [6.07, 6.45) is -2.14. The van der Waals surface area contributed by atoms with Crippen molar-refractivity contribution >= 4 is 22.8 Å². The van der Waals surface area contributed by atoms with Crippen molar-refractivity contribution in [2.45, 2.75) is 44.4 Å². The highest BCUT2D eigenvalue weighted by Gasteiger charge is 2.38. The lowest BCUT2D eigenvalue weighted by molar-refractivity contribution is -0.173. The number of nitrogen functional groups attached to an aromatic ring is 1. The molecule has 2 aromatic rings. The molecule has 1 saturated heterocycles. The lowest BCUT2D eigenvalue weighted by Crippen LogP contribution is -2.36. The number of ether oxygens (including phenoxy) is 2. The van der Waals surface area contributed by atoms with Crippen LogP contribution in [0.1, 0.15) is 31.6 Å². The van der Waals surface area contributed by atoms with Gasteiger partial charge < -0.3 is 30.2 Å². The molecule has 0 bridgehead atoms. The second kappa shape index (κ2) is 9.51. The second-order valence-corrected chi connectivity index (χ2v) is 6.76. The first-order valence-corrected chi connectivity index (χ1v) is 9.59. The molecule has 1 unspecified atom stereocenters. The number of halogens is 3. The summed E-state index contributed by atoms with van der Waals surface area (Å²) in [5, 5.41) is 11.4. The maximum absolute atomic E-state index is 12.3. The normalized spacial score (nSPS) is 21.1. The van der Waals surface area contributed by atoms with Crippen molar-refractivity contribution in [1.29, 1.82) is 0 Å². The average Bonchev–Trinajstić information content (AvgIpc) is 3.27. The van der Waals surface area contributed by atoms with Crippen molar-refractivity contribution in [3.05, 3.63) is 18.1 Å². The molecule has 12 heteroatoms. The van der Waals surface area contributed by atoms with Gasteiger partial charge in [-0.25, -0.2) is 9.97 Å². The number of anilines is 1. The number of nitrogens with two attached hydrogens (primary N) is 1. The van der Waals surface area contributed by atoms with Crippen LogP contribution in [-0.2, 0) is 14.3 Å². The molecule has 1 aliphatic rings. The Balaban J connectivity index is 1.87. The Kier molecular flexibility index (Phi) is 6.99. The number of alkyl halides is 3. The molecule has 0 aromatic carbocycles. The molecule has 0 saturated carbocycles. The highest BCUT2D eigenvalue weighted by atomic mass is 19.4. The molecular formula is C19H22F3N5O4. The Hall–Kier alpha value is -2.88. The molecule has 3 heterocycles. The van der Waals surface area contributed by atoms with Crippen molar-refractivity contribution in [1.82, 2.24) is 19.9 Å². The number of rotatable bonds is 6. The molecule has 0 spiro atoms. The summed E-state index contributed by atoms with van der Waals surface area (Å²) in [5.41, 5.74) is 6.81. The van der Waals surface area contributed by atoms with Gasteiger partial charge in [-0.1, -0.05) is 11.8 Å². The van der Waals surface area contributed by atoms with E-state index in [-0.39, 0.29) is 24.6 Å².